The predicted molar refractivity (Wildman–Crippen MR) is 52.9 cm³/mol. The number of amides is 2. The number of carbonyl (C=O) groups excluding carboxylic acids is 1. The highest BCUT2D eigenvalue weighted by molar-refractivity contribution is 5.76. The summed E-state index contributed by atoms with van der Waals surface area (Å²) in [6, 6.07) is 4.01. The summed E-state index contributed by atoms with van der Waals surface area (Å²) in [6.07, 6.45) is 4.45. The number of hydrogen-bond donors (Lipinski definition) is 1. The van der Waals surface area contributed by atoms with Gasteiger partial charge in [-0.15, -0.1) is 0 Å². The van der Waals surface area contributed by atoms with Gasteiger partial charge in [-0.2, -0.15) is 0 Å². The fraction of sp³-hybridized carbons (Fsp3) is 0.400. The standard InChI is InChI=1S/C10H13N3O/c14-10-12-6-8-13(10)7-3-9-1-4-11-5-2-9/h1-2,4-5H,3,6-8H2,(H,12,14). The fourth-order valence-corrected chi connectivity index (χ4v) is 1.54. The summed E-state index contributed by atoms with van der Waals surface area (Å²) >= 11 is 0. The molecule has 14 heavy (non-hydrogen) atoms. The average Bonchev–Trinajstić information content (AvgIpc) is 2.63. The summed E-state index contributed by atoms with van der Waals surface area (Å²) in [5.74, 6) is 0. The summed E-state index contributed by atoms with van der Waals surface area (Å²) in [7, 11) is 0. The van der Waals surface area contributed by atoms with Crippen molar-refractivity contribution in [2.75, 3.05) is 19.6 Å². The van der Waals surface area contributed by atoms with Crippen molar-refractivity contribution in [1.29, 1.82) is 0 Å². The molecule has 1 fully saturated rings. The molecule has 0 aromatic carbocycles. The summed E-state index contributed by atoms with van der Waals surface area (Å²) in [5.41, 5.74) is 1.22. The Morgan fingerprint density at radius 1 is 1.43 bits per heavy atom. The van der Waals surface area contributed by atoms with E-state index in [9.17, 15) is 4.79 Å². The highest BCUT2D eigenvalue weighted by Gasteiger charge is 2.18. The van der Waals surface area contributed by atoms with E-state index in [-0.39, 0.29) is 6.03 Å². The van der Waals surface area contributed by atoms with Gasteiger partial charge in [0.05, 0.1) is 0 Å². The number of pyridine rings is 1. The minimum absolute atomic E-state index is 0.0547. The third-order valence-corrected chi connectivity index (χ3v) is 2.36. The molecule has 0 spiro atoms. The molecular formula is C10H13N3O. The molecular weight excluding hydrogens is 178 g/mol. The number of hydrogen-bond acceptors (Lipinski definition) is 2. The lowest BCUT2D eigenvalue weighted by Gasteiger charge is -2.13. The van der Waals surface area contributed by atoms with Gasteiger partial charge in [0.2, 0.25) is 0 Å². The molecule has 1 aliphatic rings. The molecule has 0 saturated carbocycles. The minimum Gasteiger partial charge on any atom is -0.336 e. The Bertz CT molecular complexity index is 312. The maximum Gasteiger partial charge on any atom is 0.317 e. The SMILES string of the molecule is O=C1NCCN1CCc1ccncc1. The van der Waals surface area contributed by atoms with Gasteiger partial charge in [0.25, 0.3) is 0 Å². The second-order valence-electron chi connectivity index (χ2n) is 3.32. The zero-order chi connectivity index (χ0) is 9.80. The van der Waals surface area contributed by atoms with Crippen LogP contribution in [0.4, 0.5) is 4.79 Å². The third kappa shape index (κ3) is 2.02. The lowest BCUT2D eigenvalue weighted by atomic mass is 10.2. The van der Waals surface area contributed by atoms with Crippen LogP contribution in [0.1, 0.15) is 5.56 Å². The first-order chi connectivity index (χ1) is 6.86. The quantitative estimate of drug-likeness (QED) is 0.762. The van der Waals surface area contributed by atoms with Crippen molar-refractivity contribution in [2.24, 2.45) is 0 Å². The van der Waals surface area contributed by atoms with Crippen LogP contribution in [0.5, 0.6) is 0 Å². The van der Waals surface area contributed by atoms with Gasteiger partial charge in [0, 0.05) is 32.0 Å². The lowest BCUT2D eigenvalue weighted by molar-refractivity contribution is 0.218. The third-order valence-electron chi connectivity index (χ3n) is 2.36. The van der Waals surface area contributed by atoms with E-state index in [1.807, 2.05) is 17.0 Å². The van der Waals surface area contributed by atoms with Crippen LogP contribution >= 0.6 is 0 Å². The molecule has 74 valence electrons. The van der Waals surface area contributed by atoms with Crippen LogP contribution in [-0.4, -0.2) is 35.5 Å². The molecule has 1 N–H and O–H groups in total. The zero-order valence-electron chi connectivity index (χ0n) is 7.94. The molecule has 1 saturated heterocycles. The van der Waals surface area contributed by atoms with Crippen molar-refractivity contribution in [3.63, 3.8) is 0 Å². The van der Waals surface area contributed by atoms with E-state index in [1.54, 1.807) is 12.4 Å². The minimum atomic E-state index is 0.0547. The molecule has 4 heteroatoms. The van der Waals surface area contributed by atoms with Crippen LogP contribution < -0.4 is 5.32 Å². The smallest absolute Gasteiger partial charge is 0.317 e. The second-order valence-corrected chi connectivity index (χ2v) is 3.32. The first kappa shape index (κ1) is 8.99. The highest BCUT2D eigenvalue weighted by Crippen LogP contribution is 2.02. The van der Waals surface area contributed by atoms with E-state index < -0.39 is 0 Å². The summed E-state index contributed by atoms with van der Waals surface area (Å²) in [4.78, 5) is 17.0. The Hall–Kier alpha value is -1.58. The van der Waals surface area contributed by atoms with Gasteiger partial charge >= 0.3 is 6.03 Å². The second kappa shape index (κ2) is 4.09. The number of aromatic nitrogens is 1. The number of urea groups is 1. The van der Waals surface area contributed by atoms with Crippen LogP contribution in [-0.2, 0) is 6.42 Å². The van der Waals surface area contributed by atoms with E-state index in [4.69, 9.17) is 0 Å². The molecule has 1 aromatic rings. The van der Waals surface area contributed by atoms with E-state index in [0.717, 1.165) is 26.1 Å². The summed E-state index contributed by atoms with van der Waals surface area (Å²) in [5, 5.41) is 2.78. The largest absolute Gasteiger partial charge is 0.336 e. The topological polar surface area (TPSA) is 45.2 Å². The monoisotopic (exact) mass is 191 g/mol. The van der Waals surface area contributed by atoms with Gasteiger partial charge in [0.15, 0.2) is 0 Å². The van der Waals surface area contributed by atoms with Crippen LogP contribution in [0, 0.1) is 0 Å². The van der Waals surface area contributed by atoms with Gasteiger partial charge in [-0.25, -0.2) is 4.79 Å². The Labute approximate surface area is 82.9 Å². The van der Waals surface area contributed by atoms with E-state index in [0.29, 0.717) is 0 Å². The van der Waals surface area contributed by atoms with Crippen molar-refractivity contribution in [3.8, 4) is 0 Å². The van der Waals surface area contributed by atoms with Crippen LogP contribution in [0.25, 0.3) is 0 Å². The van der Waals surface area contributed by atoms with Crippen molar-refractivity contribution >= 4 is 6.03 Å². The fourth-order valence-electron chi connectivity index (χ4n) is 1.54. The zero-order valence-corrected chi connectivity index (χ0v) is 7.94. The van der Waals surface area contributed by atoms with Gasteiger partial charge in [-0.1, -0.05) is 0 Å². The van der Waals surface area contributed by atoms with Crippen LogP contribution in [0.15, 0.2) is 24.5 Å². The number of nitrogens with zero attached hydrogens (tertiary/aromatic N) is 2. The molecule has 0 radical (unpaired) electrons. The van der Waals surface area contributed by atoms with Gasteiger partial charge in [-0.05, 0) is 24.1 Å². The molecule has 2 rings (SSSR count). The average molecular weight is 191 g/mol. The molecule has 0 atom stereocenters. The first-order valence-corrected chi connectivity index (χ1v) is 4.78. The van der Waals surface area contributed by atoms with E-state index >= 15 is 0 Å². The highest BCUT2D eigenvalue weighted by atomic mass is 16.2. The molecule has 0 unspecified atom stereocenters. The summed E-state index contributed by atoms with van der Waals surface area (Å²) in [6.45, 7) is 2.38. The molecule has 2 amide bonds. The van der Waals surface area contributed by atoms with E-state index in [1.165, 1.54) is 5.56 Å². The Morgan fingerprint density at radius 3 is 2.86 bits per heavy atom. The Morgan fingerprint density at radius 2 is 2.21 bits per heavy atom. The van der Waals surface area contributed by atoms with Crippen LogP contribution in [0.2, 0.25) is 0 Å². The van der Waals surface area contributed by atoms with Gasteiger partial charge in [-0.3, -0.25) is 4.98 Å². The predicted octanol–water partition coefficient (Wildman–Crippen LogP) is 0.649. The molecule has 1 aromatic heterocycles. The first-order valence-electron chi connectivity index (χ1n) is 4.78. The molecule has 0 aliphatic carbocycles. The molecule has 2 heterocycles. The van der Waals surface area contributed by atoms with E-state index in [2.05, 4.69) is 10.3 Å². The lowest BCUT2D eigenvalue weighted by Crippen LogP contribution is -2.29. The number of carbonyl (C=O) groups is 1. The van der Waals surface area contributed by atoms with Crippen molar-refractivity contribution in [1.82, 2.24) is 15.2 Å². The molecule has 4 nitrogen and oxygen atoms in total. The van der Waals surface area contributed by atoms with Crippen LogP contribution in [0.3, 0.4) is 0 Å². The Balaban J connectivity index is 1.85. The van der Waals surface area contributed by atoms with Crippen molar-refractivity contribution < 1.29 is 4.79 Å². The van der Waals surface area contributed by atoms with Gasteiger partial charge in [0.1, 0.15) is 0 Å². The van der Waals surface area contributed by atoms with Crippen molar-refractivity contribution in [2.45, 2.75) is 6.42 Å². The van der Waals surface area contributed by atoms with Gasteiger partial charge < -0.3 is 10.2 Å². The molecule has 1 aliphatic heterocycles. The number of rotatable bonds is 3. The Kier molecular flexibility index (Phi) is 2.62. The molecule has 0 bridgehead atoms. The maximum atomic E-state index is 11.2. The van der Waals surface area contributed by atoms with Crippen molar-refractivity contribution in [3.05, 3.63) is 30.1 Å². The normalized spacial score (nSPS) is 15.7. The maximum absolute atomic E-state index is 11.2. The number of nitrogens with one attached hydrogen (secondary N) is 1. The summed E-state index contributed by atoms with van der Waals surface area (Å²) < 4.78 is 0.